The Labute approximate surface area is 233 Å². The Kier molecular flexibility index (Phi) is 8.53. The van der Waals surface area contributed by atoms with Crippen LogP contribution >= 0.6 is 0 Å². The number of halogens is 1. The van der Waals surface area contributed by atoms with Gasteiger partial charge in [-0.05, 0) is 87.7 Å². The van der Waals surface area contributed by atoms with Gasteiger partial charge in [-0.2, -0.15) is 10.2 Å². The highest BCUT2D eigenvalue weighted by atomic mass is 19.1. The monoisotopic (exact) mass is 544 g/mol. The number of hydrogen-bond donors (Lipinski definition) is 1. The number of aromatic nitrogens is 2. The van der Waals surface area contributed by atoms with E-state index in [2.05, 4.69) is 15.3 Å². The summed E-state index contributed by atoms with van der Waals surface area (Å²) in [7, 11) is 0. The average Bonchev–Trinajstić information content (AvgIpc) is 2.89. The number of anilines is 3. The topological polar surface area (TPSA) is 104 Å². The maximum Gasteiger partial charge on any atom is 0.410 e. The molecule has 0 bridgehead atoms. The van der Waals surface area contributed by atoms with Crippen molar-refractivity contribution in [2.75, 3.05) is 36.4 Å². The van der Waals surface area contributed by atoms with Gasteiger partial charge in [0.05, 0.1) is 11.8 Å². The molecule has 9 nitrogen and oxygen atoms in total. The third kappa shape index (κ3) is 7.26. The lowest BCUT2D eigenvalue weighted by atomic mass is 10.1. The van der Waals surface area contributed by atoms with Gasteiger partial charge in [-0.15, -0.1) is 0 Å². The van der Waals surface area contributed by atoms with E-state index in [1.54, 1.807) is 35.4 Å². The van der Waals surface area contributed by atoms with Crippen LogP contribution in [-0.4, -0.2) is 52.7 Å². The molecule has 0 aliphatic carbocycles. The molecule has 0 saturated carbocycles. The predicted octanol–water partition coefficient (Wildman–Crippen LogP) is 6.36. The van der Waals surface area contributed by atoms with E-state index in [1.165, 1.54) is 12.1 Å². The van der Waals surface area contributed by atoms with Gasteiger partial charge in [0.2, 0.25) is 11.8 Å². The van der Waals surface area contributed by atoms with Crippen molar-refractivity contribution in [2.24, 2.45) is 0 Å². The van der Waals surface area contributed by atoms with Crippen LogP contribution in [0.4, 0.5) is 26.5 Å². The molecule has 0 spiro atoms. The van der Waals surface area contributed by atoms with E-state index in [0.29, 0.717) is 49.2 Å². The van der Waals surface area contributed by atoms with Crippen molar-refractivity contribution < 1.29 is 18.7 Å². The lowest BCUT2D eigenvalue weighted by Crippen LogP contribution is -2.50. The van der Waals surface area contributed by atoms with E-state index in [1.807, 2.05) is 57.7 Å². The molecule has 208 valence electrons. The Bertz CT molecular complexity index is 1430. The van der Waals surface area contributed by atoms with E-state index in [4.69, 9.17) is 14.7 Å². The number of carbonyl (C=O) groups excluding carboxylic acids is 1. The van der Waals surface area contributed by atoms with Gasteiger partial charge in [-0.3, -0.25) is 0 Å². The Morgan fingerprint density at radius 3 is 2.42 bits per heavy atom. The summed E-state index contributed by atoms with van der Waals surface area (Å²) in [5.74, 6) is 0.879. The van der Waals surface area contributed by atoms with Crippen LogP contribution in [0.5, 0.6) is 11.6 Å². The summed E-state index contributed by atoms with van der Waals surface area (Å²) < 4.78 is 26.6. The number of benzene rings is 2. The standard InChI is InChI=1S/C30H33FN6O3/c1-20-17-22(7-6-11-32)18-21(2)27(20)39-26-10-12-33-28(35-26)34-23-8-9-25(24(31)19-23)36-13-15-37(16-14-36)29(38)40-30(3,4)5/h6-10,12,17-19H,13-16H2,1-5H3,(H,33,34,35)/b7-6+. The molecule has 1 N–H and O–H groups in total. The van der Waals surface area contributed by atoms with Crippen molar-refractivity contribution in [1.82, 2.24) is 14.9 Å². The third-order valence-electron chi connectivity index (χ3n) is 6.15. The minimum absolute atomic E-state index is 0.263. The Morgan fingerprint density at radius 2 is 1.80 bits per heavy atom. The van der Waals surface area contributed by atoms with Gasteiger partial charge in [0.25, 0.3) is 0 Å². The first-order valence-electron chi connectivity index (χ1n) is 13.0. The number of ether oxygens (including phenoxy) is 2. The van der Waals surface area contributed by atoms with Crippen LogP contribution in [0, 0.1) is 31.0 Å². The van der Waals surface area contributed by atoms with Gasteiger partial charge in [-0.1, -0.05) is 0 Å². The van der Waals surface area contributed by atoms with Crippen molar-refractivity contribution in [3.05, 3.63) is 71.2 Å². The molecule has 10 heteroatoms. The molecule has 1 aliphatic heterocycles. The highest BCUT2D eigenvalue weighted by Gasteiger charge is 2.27. The summed E-state index contributed by atoms with van der Waals surface area (Å²) >= 11 is 0. The number of nitrogens with one attached hydrogen (secondary N) is 1. The lowest BCUT2D eigenvalue weighted by Gasteiger charge is -2.36. The van der Waals surface area contributed by atoms with Crippen molar-refractivity contribution >= 4 is 29.5 Å². The van der Waals surface area contributed by atoms with Gasteiger partial charge in [0.1, 0.15) is 17.2 Å². The van der Waals surface area contributed by atoms with Crippen LogP contribution in [0.2, 0.25) is 0 Å². The summed E-state index contributed by atoms with van der Waals surface area (Å²) in [6.07, 6.45) is 4.38. The highest BCUT2D eigenvalue weighted by molar-refractivity contribution is 5.69. The molecule has 1 saturated heterocycles. The van der Waals surface area contributed by atoms with Crippen molar-refractivity contribution in [2.45, 2.75) is 40.2 Å². The molecule has 1 amide bonds. The van der Waals surface area contributed by atoms with Gasteiger partial charge in [0.15, 0.2) is 0 Å². The Hall–Kier alpha value is -4.65. The number of rotatable bonds is 6. The zero-order valence-corrected chi connectivity index (χ0v) is 23.4. The van der Waals surface area contributed by atoms with Crippen molar-refractivity contribution in [3.8, 4) is 17.7 Å². The number of hydrogen-bond acceptors (Lipinski definition) is 8. The van der Waals surface area contributed by atoms with Gasteiger partial charge in [-0.25, -0.2) is 14.2 Å². The number of amides is 1. The highest BCUT2D eigenvalue weighted by Crippen LogP contribution is 2.30. The van der Waals surface area contributed by atoms with E-state index in [9.17, 15) is 4.79 Å². The second-order valence-corrected chi connectivity index (χ2v) is 10.5. The van der Waals surface area contributed by atoms with Crippen LogP contribution in [-0.2, 0) is 4.74 Å². The number of carbonyl (C=O) groups is 1. The van der Waals surface area contributed by atoms with Crippen LogP contribution in [0.15, 0.2) is 48.7 Å². The lowest BCUT2D eigenvalue weighted by molar-refractivity contribution is 0.0240. The van der Waals surface area contributed by atoms with E-state index in [0.717, 1.165) is 16.7 Å². The summed E-state index contributed by atoms with van der Waals surface area (Å²) in [5, 5.41) is 11.8. The number of piperazine rings is 1. The molecule has 40 heavy (non-hydrogen) atoms. The molecular weight excluding hydrogens is 511 g/mol. The number of aryl methyl sites for hydroxylation is 2. The smallest absolute Gasteiger partial charge is 0.410 e. The Balaban J connectivity index is 1.40. The molecule has 1 aromatic heterocycles. The minimum Gasteiger partial charge on any atom is -0.444 e. The van der Waals surface area contributed by atoms with Crippen LogP contribution < -0.4 is 15.0 Å². The second-order valence-electron chi connectivity index (χ2n) is 10.5. The first-order chi connectivity index (χ1) is 19.0. The summed E-state index contributed by atoms with van der Waals surface area (Å²) in [6, 6.07) is 12.4. The van der Waals surface area contributed by atoms with Crippen LogP contribution in [0.1, 0.15) is 37.5 Å². The molecule has 1 fully saturated rings. The molecular formula is C30H33FN6O3. The zero-order chi connectivity index (χ0) is 28.9. The number of nitriles is 1. The second kappa shape index (κ2) is 12.0. The molecule has 2 heterocycles. The van der Waals surface area contributed by atoms with Gasteiger partial charge in [0, 0.05) is 50.2 Å². The maximum absolute atomic E-state index is 15.1. The molecule has 0 atom stereocenters. The fourth-order valence-corrected chi connectivity index (χ4v) is 4.36. The van der Waals surface area contributed by atoms with E-state index >= 15 is 4.39 Å². The van der Waals surface area contributed by atoms with E-state index in [-0.39, 0.29) is 17.9 Å². The summed E-state index contributed by atoms with van der Waals surface area (Å²) in [4.78, 5) is 24.5. The fraction of sp³-hybridized carbons (Fsp3) is 0.333. The van der Waals surface area contributed by atoms with Gasteiger partial charge < -0.3 is 24.6 Å². The van der Waals surface area contributed by atoms with Gasteiger partial charge >= 0.3 is 6.09 Å². The average molecular weight is 545 g/mol. The zero-order valence-electron chi connectivity index (χ0n) is 23.4. The third-order valence-corrected chi connectivity index (χ3v) is 6.15. The van der Waals surface area contributed by atoms with Crippen molar-refractivity contribution in [1.29, 1.82) is 5.26 Å². The minimum atomic E-state index is -0.557. The molecule has 2 aromatic carbocycles. The molecule has 0 radical (unpaired) electrons. The Morgan fingerprint density at radius 1 is 1.10 bits per heavy atom. The van der Waals surface area contributed by atoms with Crippen LogP contribution in [0.3, 0.4) is 0 Å². The van der Waals surface area contributed by atoms with E-state index < -0.39 is 5.60 Å². The predicted molar refractivity (Wildman–Crippen MR) is 152 cm³/mol. The number of allylic oxidation sites excluding steroid dienone is 1. The van der Waals surface area contributed by atoms with Crippen molar-refractivity contribution in [3.63, 3.8) is 0 Å². The fourth-order valence-electron chi connectivity index (χ4n) is 4.36. The summed E-state index contributed by atoms with van der Waals surface area (Å²) in [5.41, 5.74) is 3.10. The molecule has 4 rings (SSSR count). The molecule has 0 unspecified atom stereocenters. The quantitative estimate of drug-likeness (QED) is 0.358. The largest absolute Gasteiger partial charge is 0.444 e. The van der Waals surface area contributed by atoms with Crippen LogP contribution in [0.25, 0.3) is 6.08 Å². The first-order valence-corrected chi connectivity index (χ1v) is 13.0. The number of nitrogens with zero attached hydrogens (tertiary/aromatic N) is 5. The summed E-state index contributed by atoms with van der Waals surface area (Å²) in [6.45, 7) is 11.2. The SMILES string of the molecule is Cc1cc(/C=C/C#N)cc(C)c1Oc1ccnc(Nc2ccc(N3CCN(C(=O)OC(C)(C)C)CC3)c(F)c2)n1. The molecule has 1 aliphatic rings. The maximum atomic E-state index is 15.1. The molecule has 3 aromatic rings. The first kappa shape index (κ1) is 28.4. The normalized spacial score (nSPS) is 13.7.